The highest BCUT2D eigenvalue weighted by Crippen LogP contribution is 2.43. The number of rotatable bonds is 7. The Labute approximate surface area is 336 Å². The Hall–Kier alpha value is -7.76. The van der Waals surface area contributed by atoms with E-state index >= 15 is 0 Å². The molecule has 5 heteroatoms. The molecule has 0 aliphatic carbocycles. The Morgan fingerprint density at radius 2 is 1.10 bits per heavy atom. The maximum atomic E-state index is 5.06. The van der Waals surface area contributed by atoms with E-state index in [0.717, 1.165) is 61.8 Å². The highest BCUT2D eigenvalue weighted by molar-refractivity contribution is 6.25. The zero-order valence-electron chi connectivity index (χ0n) is 31.9. The molecule has 4 aromatic heterocycles. The Morgan fingerprint density at radius 3 is 1.93 bits per heavy atom. The lowest BCUT2D eigenvalue weighted by Gasteiger charge is -2.26. The van der Waals surface area contributed by atoms with Gasteiger partial charge >= 0.3 is 0 Å². The fourth-order valence-corrected chi connectivity index (χ4v) is 8.70. The summed E-state index contributed by atoms with van der Waals surface area (Å²) in [5, 5.41) is 4.74. The Bertz CT molecular complexity index is 3290. The molecule has 4 heterocycles. The fraction of sp³-hybridized carbons (Fsp3) is 0.0189. The number of anilines is 3. The van der Waals surface area contributed by atoms with E-state index < -0.39 is 0 Å². The van der Waals surface area contributed by atoms with Crippen molar-refractivity contribution in [3.05, 3.63) is 212 Å². The summed E-state index contributed by atoms with van der Waals surface area (Å²) in [7, 11) is 0. The van der Waals surface area contributed by atoms with Crippen LogP contribution in [-0.2, 0) is 0 Å². The molecule has 11 aromatic rings. The summed E-state index contributed by atoms with van der Waals surface area (Å²) in [4.78, 5) is 12.3. The van der Waals surface area contributed by atoms with E-state index in [0.29, 0.717) is 0 Å². The molecule has 0 unspecified atom stereocenters. The predicted molar refractivity (Wildman–Crippen MR) is 241 cm³/mol. The maximum Gasteiger partial charge on any atom is 0.145 e. The standard InChI is InChI=1S/C53H37N5/c1-36-35-55-48(34-47(36)37-16-5-2-6-17-37)38-18-13-23-41(32-38)56(39-19-7-3-8-20-39)42-24-14-25-43(33-42)58-50-30-29-45-44-26-11-12-28-49(44)57(40-21-9-4-10-22-40)52(45)51(50)46-27-15-31-54-53(46)58/h2-35H,1H3. The number of hydrogen-bond donors (Lipinski definition) is 0. The van der Waals surface area contributed by atoms with Crippen LogP contribution in [0.25, 0.3) is 77.5 Å². The van der Waals surface area contributed by atoms with Gasteiger partial charge in [-0.05, 0) is 109 Å². The number of hydrogen-bond acceptors (Lipinski definition) is 3. The van der Waals surface area contributed by atoms with E-state index in [9.17, 15) is 0 Å². The molecule has 0 radical (unpaired) electrons. The number of para-hydroxylation sites is 3. The molecule has 7 aromatic carbocycles. The molecular formula is C53H37N5. The number of fused-ring (bicyclic) bond motifs is 7. The molecule has 0 amide bonds. The van der Waals surface area contributed by atoms with E-state index in [-0.39, 0.29) is 0 Å². The lowest BCUT2D eigenvalue weighted by atomic mass is 9.99. The van der Waals surface area contributed by atoms with Gasteiger partial charge in [0.15, 0.2) is 0 Å². The van der Waals surface area contributed by atoms with E-state index in [2.05, 4.69) is 209 Å². The first-order chi connectivity index (χ1) is 28.7. The van der Waals surface area contributed by atoms with Gasteiger partial charge in [0.2, 0.25) is 0 Å². The number of aryl methyl sites for hydroxylation is 1. The van der Waals surface area contributed by atoms with Crippen molar-refractivity contribution in [1.82, 2.24) is 19.1 Å². The molecule has 274 valence electrons. The molecule has 0 spiro atoms. The first kappa shape index (κ1) is 33.6. The van der Waals surface area contributed by atoms with Gasteiger partial charge in [-0.15, -0.1) is 0 Å². The van der Waals surface area contributed by atoms with Crippen LogP contribution in [0.5, 0.6) is 0 Å². The molecule has 0 atom stereocenters. The van der Waals surface area contributed by atoms with Gasteiger partial charge in [-0.3, -0.25) is 9.55 Å². The number of aromatic nitrogens is 4. The second-order valence-electron chi connectivity index (χ2n) is 14.7. The smallest absolute Gasteiger partial charge is 0.145 e. The quantitative estimate of drug-likeness (QED) is 0.163. The van der Waals surface area contributed by atoms with Gasteiger partial charge < -0.3 is 9.47 Å². The van der Waals surface area contributed by atoms with Gasteiger partial charge in [-0.2, -0.15) is 0 Å². The molecule has 5 nitrogen and oxygen atoms in total. The van der Waals surface area contributed by atoms with Crippen molar-refractivity contribution >= 4 is 60.8 Å². The minimum atomic E-state index is 0.917. The van der Waals surface area contributed by atoms with Gasteiger partial charge in [-0.1, -0.05) is 109 Å². The van der Waals surface area contributed by atoms with Crippen LogP contribution in [0, 0.1) is 6.92 Å². The summed E-state index contributed by atoms with van der Waals surface area (Å²) in [6.07, 6.45) is 3.88. The second kappa shape index (κ2) is 13.8. The molecule has 0 N–H and O–H groups in total. The van der Waals surface area contributed by atoms with E-state index in [1.165, 1.54) is 38.3 Å². The zero-order valence-corrected chi connectivity index (χ0v) is 31.9. The first-order valence-corrected chi connectivity index (χ1v) is 19.7. The molecule has 58 heavy (non-hydrogen) atoms. The number of nitrogens with zero attached hydrogens (tertiary/aromatic N) is 5. The van der Waals surface area contributed by atoms with Crippen LogP contribution in [0.15, 0.2) is 207 Å². The molecule has 0 bridgehead atoms. The van der Waals surface area contributed by atoms with Crippen LogP contribution >= 0.6 is 0 Å². The van der Waals surface area contributed by atoms with Crippen LogP contribution in [0.1, 0.15) is 5.56 Å². The van der Waals surface area contributed by atoms with Crippen LogP contribution in [0.4, 0.5) is 17.1 Å². The minimum absolute atomic E-state index is 0.917. The van der Waals surface area contributed by atoms with Crippen molar-refractivity contribution in [2.75, 3.05) is 4.90 Å². The van der Waals surface area contributed by atoms with E-state index in [4.69, 9.17) is 9.97 Å². The Balaban J connectivity index is 1.10. The topological polar surface area (TPSA) is 38.9 Å². The van der Waals surface area contributed by atoms with E-state index in [1.54, 1.807) is 0 Å². The van der Waals surface area contributed by atoms with Crippen molar-refractivity contribution in [1.29, 1.82) is 0 Å². The number of pyridine rings is 2. The first-order valence-electron chi connectivity index (χ1n) is 19.7. The van der Waals surface area contributed by atoms with Crippen LogP contribution in [0.3, 0.4) is 0 Å². The van der Waals surface area contributed by atoms with Crippen LogP contribution in [-0.4, -0.2) is 19.1 Å². The summed E-state index contributed by atoms with van der Waals surface area (Å²) in [6.45, 7) is 2.12. The lowest BCUT2D eigenvalue weighted by Crippen LogP contribution is -2.10. The highest BCUT2D eigenvalue weighted by Gasteiger charge is 2.22. The molecule has 0 saturated carbocycles. The monoisotopic (exact) mass is 743 g/mol. The molecule has 0 aliphatic rings. The predicted octanol–water partition coefficient (Wildman–Crippen LogP) is 13.8. The van der Waals surface area contributed by atoms with Crippen molar-refractivity contribution in [2.24, 2.45) is 0 Å². The largest absolute Gasteiger partial charge is 0.310 e. The number of benzene rings is 7. The summed E-state index contributed by atoms with van der Waals surface area (Å²) in [5.41, 5.74) is 15.2. The average Bonchev–Trinajstić information content (AvgIpc) is 3.81. The Kier molecular flexibility index (Phi) is 7.97. The third-order valence-electron chi connectivity index (χ3n) is 11.3. The van der Waals surface area contributed by atoms with Gasteiger partial charge in [0.25, 0.3) is 0 Å². The fourth-order valence-electron chi connectivity index (χ4n) is 8.70. The summed E-state index contributed by atoms with van der Waals surface area (Å²) >= 11 is 0. The lowest BCUT2D eigenvalue weighted by molar-refractivity contribution is 1.13. The molecule has 0 fully saturated rings. The molecular weight excluding hydrogens is 707 g/mol. The minimum Gasteiger partial charge on any atom is -0.310 e. The van der Waals surface area contributed by atoms with Crippen LogP contribution in [0.2, 0.25) is 0 Å². The van der Waals surface area contributed by atoms with Gasteiger partial charge in [-0.25, -0.2) is 4.98 Å². The third-order valence-corrected chi connectivity index (χ3v) is 11.3. The van der Waals surface area contributed by atoms with Crippen molar-refractivity contribution in [3.8, 4) is 33.8 Å². The maximum absolute atomic E-state index is 5.06. The van der Waals surface area contributed by atoms with Gasteiger partial charge in [0.05, 0.1) is 22.2 Å². The highest BCUT2D eigenvalue weighted by atomic mass is 15.1. The van der Waals surface area contributed by atoms with Crippen LogP contribution < -0.4 is 4.90 Å². The normalized spacial score (nSPS) is 11.5. The second-order valence-corrected chi connectivity index (χ2v) is 14.7. The summed E-state index contributed by atoms with van der Waals surface area (Å²) in [6, 6.07) is 69.0. The SMILES string of the molecule is Cc1cnc(-c2cccc(N(c3ccccc3)c3cccc(-n4c5ccc6c7ccccc7n(-c7ccccc7)c6c5c5cccnc54)c3)c2)cc1-c1ccccc1. The zero-order chi connectivity index (χ0) is 38.6. The summed E-state index contributed by atoms with van der Waals surface area (Å²) in [5.74, 6) is 0. The van der Waals surface area contributed by atoms with Gasteiger partial charge in [0.1, 0.15) is 5.65 Å². The van der Waals surface area contributed by atoms with E-state index in [1.807, 2.05) is 18.5 Å². The molecule has 0 saturated heterocycles. The van der Waals surface area contributed by atoms with Crippen molar-refractivity contribution < 1.29 is 0 Å². The average molecular weight is 744 g/mol. The summed E-state index contributed by atoms with van der Waals surface area (Å²) < 4.78 is 4.73. The Morgan fingerprint density at radius 1 is 0.448 bits per heavy atom. The molecule has 0 aliphatic heterocycles. The van der Waals surface area contributed by atoms with Crippen molar-refractivity contribution in [3.63, 3.8) is 0 Å². The van der Waals surface area contributed by atoms with Gasteiger partial charge in [0, 0.05) is 67.9 Å². The molecule has 11 rings (SSSR count). The van der Waals surface area contributed by atoms with Crippen molar-refractivity contribution in [2.45, 2.75) is 6.92 Å². The third kappa shape index (κ3) is 5.47.